The number of rotatable bonds is 2. The largest absolute Gasteiger partial charge is 0.350 e. The highest BCUT2D eigenvalue weighted by Crippen LogP contribution is 1.92. The first-order valence-corrected chi connectivity index (χ1v) is 2.86. The van der Waals surface area contributed by atoms with Crippen LogP contribution in [0.5, 0.6) is 0 Å². The monoisotopic (exact) mass is 153 g/mol. The second-order valence-electron chi connectivity index (χ2n) is 1.70. The highest BCUT2D eigenvalue weighted by molar-refractivity contribution is 5.72. The van der Waals surface area contributed by atoms with E-state index < -0.39 is 6.03 Å². The van der Waals surface area contributed by atoms with E-state index in [1.165, 1.54) is 18.6 Å². The highest BCUT2D eigenvalue weighted by atomic mass is 16.2. The van der Waals surface area contributed by atoms with Crippen LogP contribution in [0.15, 0.2) is 18.6 Å². The molecule has 0 aliphatic carbocycles. The number of hydrazine groups is 1. The molecule has 0 saturated heterocycles. The molecule has 1 aromatic rings. The molecule has 0 unspecified atom stereocenters. The number of hydrogen-bond acceptors (Lipinski definition) is 4. The lowest BCUT2D eigenvalue weighted by Gasteiger charge is -2.02. The fraction of sp³-hybridized carbons (Fsp3) is 0. The van der Waals surface area contributed by atoms with Gasteiger partial charge in [0, 0.05) is 12.4 Å². The zero-order chi connectivity index (χ0) is 8.10. The number of hydrogen-bond donors (Lipinski definition) is 3. The van der Waals surface area contributed by atoms with Crippen LogP contribution in [0, 0.1) is 0 Å². The van der Waals surface area contributed by atoms with Crippen LogP contribution >= 0.6 is 0 Å². The Bertz CT molecular complexity index is 236. The Hall–Kier alpha value is -1.85. The third-order valence-electron chi connectivity index (χ3n) is 0.877. The molecular weight excluding hydrogens is 146 g/mol. The molecule has 0 spiro atoms. The smallest absolute Gasteiger partial charge is 0.330 e. The molecule has 0 saturated carbocycles. The first-order valence-electron chi connectivity index (χ1n) is 2.86. The standard InChI is InChI=1S/C5H7N5O/c6-5(11)10-9-4-3-7-1-2-8-4/h1-3H,(H,8,9)(H3,6,10,11). The van der Waals surface area contributed by atoms with Gasteiger partial charge in [0.05, 0.1) is 6.20 Å². The molecule has 1 heterocycles. The van der Waals surface area contributed by atoms with E-state index in [-0.39, 0.29) is 0 Å². The summed E-state index contributed by atoms with van der Waals surface area (Å²) in [7, 11) is 0. The maximum absolute atomic E-state index is 10.2. The van der Waals surface area contributed by atoms with E-state index in [0.717, 1.165) is 0 Å². The normalized spacial score (nSPS) is 8.73. The van der Waals surface area contributed by atoms with Gasteiger partial charge in [-0.15, -0.1) is 0 Å². The number of anilines is 1. The molecule has 0 aromatic carbocycles. The van der Waals surface area contributed by atoms with Gasteiger partial charge in [0.2, 0.25) is 0 Å². The van der Waals surface area contributed by atoms with E-state index in [9.17, 15) is 4.79 Å². The van der Waals surface area contributed by atoms with Crippen LogP contribution in [0.3, 0.4) is 0 Å². The first-order chi connectivity index (χ1) is 5.29. The molecule has 1 aromatic heterocycles. The van der Waals surface area contributed by atoms with Crippen LogP contribution in [0.25, 0.3) is 0 Å². The minimum absolute atomic E-state index is 0.436. The van der Waals surface area contributed by atoms with Gasteiger partial charge < -0.3 is 5.73 Å². The molecular formula is C5H7N5O. The average Bonchev–Trinajstić information content (AvgIpc) is 2.03. The number of aromatic nitrogens is 2. The summed E-state index contributed by atoms with van der Waals surface area (Å²) >= 11 is 0. The van der Waals surface area contributed by atoms with Gasteiger partial charge in [-0.2, -0.15) is 0 Å². The minimum atomic E-state index is -0.671. The molecule has 0 bridgehead atoms. The van der Waals surface area contributed by atoms with E-state index in [1.54, 1.807) is 0 Å². The van der Waals surface area contributed by atoms with Gasteiger partial charge in [-0.05, 0) is 0 Å². The topological polar surface area (TPSA) is 92.9 Å². The van der Waals surface area contributed by atoms with Crippen molar-refractivity contribution in [2.45, 2.75) is 0 Å². The molecule has 58 valence electrons. The lowest BCUT2D eigenvalue weighted by Crippen LogP contribution is -2.34. The lowest BCUT2D eigenvalue weighted by molar-refractivity contribution is 0.250. The third-order valence-corrected chi connectivity index (χ3v) is 0.877. The Kier molecular flexibility index (Phi) is 2.21. The van der Waals surface area contributed by atoms with E-state index in [1.807, 2.05) is 0 Å². The van der Waals surface area contributed by atoms with Crippen molar-refractivity contribution in [3.63, 3.8) is 0 Å². The van der Waals surface area contributed by atoms with Crippen molar-refractivity contribution < 1.29 is 4.79 Å². The zero-order valence-corrected chi connectivity index (χ0v) is 5.61. The van der Waals surface area contributed by atoms with Gasteiger partial charge >= 0.3 is 6.03 Å². The molecule has 0 aliphatic heterocycles. The van der Waals surface area contributed by atoms with Crippen molar-refractivity contribution in [1.29, 1.82) is 0 Å². The van der Waals surface area contributed by atoms with Crippen LogP contribution < -0.4 is 16.6 Å². The van der Waals surface area contributed by atoms with E-state index in [2.05, 4.69) is 20.8 Å². The van der Waals surface area contributed by atoms with Gasteiger partial charge in [0.1, 0.15) is 0 Å². The number of nitrogens with zero attached hydrogens (tertiary/aromatic N) is 2. The molecule has 4 N–H and O–H groups in total. The van der Waals surface area contributed by atoms with Gasteiger partial charge in [0.25, 0.3) is 0 Å². The Morgan fingerprint density at radius 3 is 2.91 bits per heavy atom. The van der Waals surface area contributed by atoms with Crippen LogP contribution in [-0.4, -0.2) is 16.0 Å². The molecule has 2 amide bonds. The average molecular weight is 153 g/mol. The fourth-order valence-electron chi connectivity index (χ4n) is 0.489. The van der Waals surface area contributed by atoms with Crippen molar-refractivity contribution >= 4 is 11.8 Å². The number of carbonyl (C=O) groups excluding carboxylic acids is 1. The van der Waals surface area contributed by atoms with Gasteiger partial charge in [0.15, 0.2) is 5.82 Å². The summed E-state index contributed by atoms with van der Waals surface area (Å²) in [6.07, 6.45) is 4.47. The van der Waals surface area contributed by atoms with Gasteiger partial charge in [-0.3, -0.25) is 15.8 Å². The Labute approximate surface area is 62.8 Å². The second kappa shape index (κ2) is 3.35. The summed E-state index contributed by atoms with van der Waals surface area (Å²) in [6.45, 7) is 0. The Morgan fingerprint density at radius 2 is 2.36 bits per heavy atom. The predicted octanol–water partition coefficient (Wildman–Crippen LogP) is -0.528. The van der Waals surface area contributed by atoms with Crippen molar-refractivity contribution in [3.05, 3.63) is 18.6 Å². The SMILES string of the molecule is NC(=O)NNc1cnccn1. The van der Waals surface area contributed by atoms with Crippen molar-refractivity contribution in [2.24, 2.45) is 5.73 Å². The van der Waals surface area contributed by atoms with Crippen LogP contribution in [0.4, 0.5) is 10.6 Å². The number of amides is 2. The van der Waals surface area contributed by atoms with Crippen molar-refractivity contribution in [1.82, 2.24) is 15.4 Å². The maximum Gasteiger partial charge on any atom is 0.330 e. The molecule has 6 heteroatoms. The highest BCUT2D eigenvalue weighted by Gasteiger charge is 1.91. The summed E-state index contributed by atoms with van der Waals surface area (Å²) in [5, 5.41) is 0. The lowest BCUT2D eigenvalue weighted by atomic mass is 10.7. The molecule has 1 rings (SSSR count). The predicted molar refractivity (Wildman–Crippen MR) is 38.4 cm³/mol. The van der Waals surface area contributed by atoms with E-state index in [4.69, 9.17) is 5.73 Å². The van der Waals surface area contributed by atoms with Crippen LogP contribution in [0.1, 0.15) is 0 Å². The number of nitrogens with two attached hydrogens (primary N) is 1. The quantitative estimate of drug-likeness (QED) is 0.498. The van der Waals surface area contributed by atoms with Crippen molar-refractivity contribution in [3.8, 4) is 0 Å². The molecule has 0 atom stereocenters. The number of urea groups is 1. The summed E-state index contributed by atoms with van der Waals surface area (Å²) in [5.41, 5.74) is 9.37. The number of primary amides is 1. The fourth-order valence-corrected chi connectivity index (χ4v) is 0.489. The molecule has 0 radical (unpaired) electrons. The summed E-state index contributed by atoms with van der Waals surface area (Å²) < 4.78 is 0. The number of carbonyl (C=O) groups is 1. The van der Waals surface area contributed by atoms with Gasteiger partial charge in [-0.25, -0.2) is 9.78 Å². The van der Waals surface area contributed by atoms with Crippen LogP contribution in [0.2, 0.25) is 0 Å². The van der Waals surface area contributed by atoms with Crippen molar-refractivity contribution in [2.75, 3.05) is 5.43 Å². The molecule has 11 heavy (non-hydrogen) atoms. The minimum Gasteiger partial charge on any atom is -0.350 e. The first kappa shape index (κ1) is 7.26. The van der Waals surface area contributed by atoms with Crippen LogP contribution in [-0.2, 0) is 0 Å². The summed E-state index contributed by atoms with van der Waals surface area (Å²) in [5.74, 6) is 0.436. The van der Waals surface area contributed by atoms with Gasteiger partial charge in [-0.1, -0.05) is 0 Å². The summed E-state index contributed by atoms with van der Waals surface area (Å²) in [4.78, 5) is 17.7. The maximum atomic E-state index is 10.2. The molecule has 0 aliphatic rings. The zero-order valence-electron chi connectivity index (χ0n) is 5.61. The Morgan fingerprint density at radius 1 is 1.55 bits per heavy atom. The third kappa shape index (κ3) is 2.48. The molecule has 0 fully saturated rings. The second-order valence-corrected chi connectivity index (χ2v) is 1.70. The molecule has 6 nitrogen and oxygen atoms in total. The summed E-state index contributed by atoms with van der Waals surface area (Å²) in [6, 6.07) is -0.671. The van der Waals surface area contributed by atoms with E-state index >= 15 is 0 Å². The Balaban J connectivity index is 2.45. The van der Waals surface area contributed by atoms with E-state index in [0.29, 0.717) is 5.82 Å². The number of nitrogens with one attached hydrogen (secondary N) is 2.